The third-order valence-corrected chi connectivity index (χ3v) is 5.71. The summed E-state index contributed by atoms with van der Waals surface area (Å²) in [5, 5.41) is 9.29. The van der Waals surface area contributed by atoms with Crippen molar-refractivity contribution in [1.82, 2.24) is 9.62 Å². The van der Waals surface area contributed by atoms with Gasteiger partial charge in [-0.3, -0.25) is 4.79 Å². The lowest BCUT2D eigenvalue weighted by Gasteiger charge is -2.34. The van der Waals surface area contributed by atoms with Crippen LogP contribution in [0.25, 0.3) is 0 Å². The summed E-state index contributed by atoms with van der Waals surface area (Å²) in [4.78, 5) is 26.0. The van der Waals surface area contributed by atoms with Crippen LogP contribution in [0.1, 0.15) is 33.3 Å². The van der Waals surface area contributed by atoms with Gasteiger partial charge in [0.1, 0.15) is 5.76 Å². The number of carboxylic acids is 1. The van der Waals surface area contributed by atoms with Crippen LogP contribution in [0.2, 0.25) is 0 Å². The molecule has 1 aliphatic heterocycles. The number of sulfonamides is 1. The number of aliphatic carboxylic acids is 1. The first-order chi connectivity index (χ1) is 12.3. The Morgan fingerprint density at radius 1 is 1.31 bits per heavy atom. The van der Waals surface area contributed by atoms with Crippen molar-refractivity contribution in [3.63, 3.8) is 0 Å². The monoisotopic (exact) mass is 378 g/mol. The van der Waals surface area contributed by atoms with Crippen LogP contribution in [0.4, 0.5) is 0 Å². The molecular formula is C17H18N2O6S. The number of benzene rings is 1. The molecule has 2 N–H and O–H groups in total. The number of amides is 1. The van der Waals surface area contributed by atoms with Gasteiger partial charge in [-0.1, -0.05) is 24.3 Å². The molecule has 0 fully saturated rings. The summed E-state index contributed by atoms with van der Waals surface area (Å²) in [6.45, 7) is 1.68. The molecule has 1 aromatic carbocycles. The summed E-state index contributed by atoms with van der Waals surface area (Å²) in [6.07, 6.45) is 0.518. The topological polar surface area (TPSA) is 117 Å². The second kappa shape index (κ2) is 6.58. The SMILES string of the molecule is CNS(=O)(=O)c1cc(C(=O)N2CCc3ccccc3C2C(=O)O)c(C)o1. The Balaban J connectivity index is 2.02. The molecule has 26 heavy (non-hydrogen) atoms. The van der Waals surface area contributed by atoms with Gasteiger partial charge >= 0.3 is 5.97 Å². The van der Waals surface area contributed by atoms with E-state index in [0.29, 0.717) is 12.0 Å². The maximum Gasteiger partial charge on any atom is 0.331 e. The van der Waals surface area contributed by atoms with Crippen molar-refractivity contribution in [3.05, 3.63) is 52.8 Å². The molecule has 3 rings (SSSR count). The first-order valence-corrected chi connectivity index (χ1v) is 9.40. The van der Waals surface area contributed by atoms with Gasteiger partial charge in [-0.15, -0.1) is 0 Å². The Morgan fingerprint density at radius 2 is 2.00 bits per heavy atom. The van der Waals surface area contributed by atoms with Crippen molar-refractivity contribution >= 4 is 21.9 Å². The molecule has 8 nitrogen and oxygen atoms in total. The Hall–Kier alpha value is -2.65. The van der Waals surface area contributed by atoms with E-state index in [1.54, 1.807) is 12.1 Å². The maximum absolute atomic E-state index is 13.0. The van der Waals surface area contributed by atoms with Crippen molar-refractivity contribution in [2.75, 3.05) is 13.6 Å². The molecule has 1 aromatic heterocycles. The van der Waals surface area contributed by atoms with E-state index in [4.69, 9.17) is 4.42 Å². The van der Waals surface area contributed by atoms with Crippen molar-refractivity contribution in [1.29, 1.82) is 0 Å². The maximum atomic E-state index is 13.0. The van der Waals surface area contributed by atoms with Gasteiger partial charge in [-0.2, -0.15) is 0 Å². The first kappa shape index (κ1) is 18.2. The second-order valence-electron chi connectivity index (χ2n) is 5.93. The number of hydrogen-bond acceptors (Lipinski definition) is 5. The minimum Gasteiger partial charge on any atom is -0.479 e. The van der Waals surface area contributed by atoms with Gasteiger partial charge in [-0.05, 0) is 31.5 Å². The molecule has 0 saturated heterocycles. The van der Waals surface area contributed by atoms with Gasteiger partial charge in [0, 0.05) is 12.6 Å². The molecule has 0 saturated carbocycles. The number of hydrogen-bond donors (Lipinski definition) is 2. The second-order valence-corrected chi connectivity index (χ2v) is 7.75. The molecule has 2 heterocycles. The standard InChI is InChI=1S/C17H18N2O6S/c1-10-13(9-14(25-10)26(23,24)18-2)16(20)19-8-7-11-5-3-4-6-12(11)15(19)17(21)22/h3-6,9,15,18H,7-8H2,1-2H3,(H,21,22). The molecule has 1 unspecified atom stereocenters. The zero-order valence-electron chi connectivity index (χ0n) is 14.2. The van der Waals surface area contributed by atoms with Crippen LogP contribution in [0.5, 0.6) is 0 Å². The molecule has 1 amide bonds. The van der Waals surface area contributed by atoms with Crippen LogP contribution in [0.3, 0.4) is 0 Å². The lowest BCUT2D eigenvalue weighted by Crippen LogP contribution is -2.43. The van der Waals surface area contributed by atoms with E-state index >= 15 is 0 Å². The first-order valence-electron chi connectivity index (χ1n) is 7.92. The highest BCUT2D eigenvalue weighted by Gasteiger charge is 2.37. The predicted molar refractivity (Wildman–Crippen MR) is 91.2 cm³/mol. The molecule has 0 radical (unpaired) electrons. The fourth-order valence-corrected chi connectivity index (χ4v) is 3.82. The summed E-state index contributed by atoms with van der Waals surface area (Å²) in [6, 6.07) is 7.07. The number of carboxylic acid groups (broad SMARTS) is 1. The van der Waals surface area contributed by atoms with Crippen LogP contribution in [0, 0.1) is 6.92 Å². The molecular weight excluding hydrogens is 360 g/mol. The summed E-state index contributed by atoms with van der Waals surface area (Å²) in [5.74, 6) is -1.60. The lowest BCUT2D eigenvalue weighted by molar-refractivity contribution is -0.143. The quantitative estimate of drug-likeness (QED) is 0.829. The predicted octanol–water partition coefficient (Wildman–Crippen LogP) is 1.32. The Labute approximate surface area is 150 Å². The van der Waals surface area contributed by atoms with Crippen molar-refractivity contribution in [3.8, 4) is 0 Å². The van der Waals surface area contributed by atoms with Gasteiger partial charge in [0.05, 0.1) is 5.56 Å². The molecule has 9 heteroatoms. The largest absolute Gasteiger partial charge is 0.479 e. The lowest BCUT2D eigenvalue weighted by atomic mass is 9.92. The number of carbonyl (C=O) groups is 2. The number of fused-ring (bicyclic) bond motifs is 1. The van der Waals surface area contributed by atoms with Crippen LogP contribution >= 0.6 is 0 Å². The van der Waals surface area contributed by atoms with Gasteiger partial charge in [0.25, 0.3) is 15.9 Å². The van der Waals surface area contributed by atoms with Crippen LogP contribution in [-0.4, -0.2) is 43.9 Å². The molecule has 1 atom stereocenters. The van der Waals surface area contributed by atoms with Crippen molar-refractivity contribution in [2.24, 2.45) is 0 Å². The molecule has 0 aliphatic carbocycles. The molecule has 0 bridgehead atoms. The van der Waals surface area contributed by atoms with Gasteiger partial charge in [-0.25, -0.2) is 17.9 Å². The zero-order valence-corrected chi connectivity index (χ0v) is 15.0. The van der Waals surface area contributed by atoms with Crippen molar-refractivity contribution < 1.29 is 27.5 Å². The Bertz CT molecular complexity index is 979. The highest BCUT2D eigenvalue weighted by atomic mass is 32.2. The summed E-state index contributed by atoms with van der Waals surface area (Å²) in [7, 11) is -2.61. The van der Waals surface area contributed by atoms with Gasteiger partial charge < -0.3 is 14.4 Å². The van der Waals surface area contributed by atoms with E-state index in [1.165, 1.54) is 18.9 Å². The summed E-state index contributed by atoms with van der Waals surface area (Å²) in [5.41, 5.74) is 1.47. The minimum atomic E-state index is -3.85. The van der Waals surface area contributed by atoms with Crippen LogP contribution in [0.15, 0.2) is 39.8 Å². The fourth-order valence-electron chi connectivity index (χ4n) is 3.11. The highest BCUT2D eigenvalue weighted by Crippen LogP contribution is 2.32. The minimum absolute atomic E-state index is 0.0319. The van der Waals surface area contributed by atoms with E-state index in [-0.39, 0.29) is 23.0 Å². The highest BCUT2D eigenvalue weighted by molar-refractivity contribution is 7.89. The average molecular weight is 378 g/mol. The molecule has 138 valence electrons. The third kappa shape index (κ3) is 2.99. The number of carbonyl (C=O) groups excluding carboxylic acids is 1. The summed E-state index contributed by atoms with van der Waals surface area (Å²) >= 11 is 0. The van der Waals surface area contributed by atoms with E-state index in [0.717, 1.165) is 11.6 Å². The number of rotatable bonds is 4. The van der Waals surface area contributed by atoms with E-state index < -0.39 is 27.9 Å². The van der Waals surface area contributed by atoms with Crippen LogP contribution < -0.4 is 4.72 Å². The number of nitrogens with one attached hydrogen (secondary N) is 1. The fraction of sp³-hybridized carbons (Fsp3) is 0.294. The van der Waals surface area contributed by atoms with E-state index in [2.05, 4.69) is 4.72 Å². The zero-order chi connectivity index (χ0) is 19.1. The molecule has 0 spiro atoms. The van der Waals surface area contributed by atoms with E-state index in [9.17, 15) is 23.1 Å². The summed E-state index contributed by atoms with van der Waals surface area (Å²) < 4.78 is 31.1. The molecule has 2 aromatic rings. The van der Waals surface area contributed by atoms with E-state index in [1.807, 2.05) is 12.1 Å². The Morgan fingerprint density at radius 3 is 2.65 bits per heavy atom. The Kier molecular flexibility index (Phi) is 4.59. The van der Waals surface area contributed by atoms with Crippen LogP contribution in [-0.2, 0) is 21.2 Å². The average Bonchev–Trinajstić information content (AvgIpc) is 3.02. The molecule has 1 aliphatic rings. The number of furan rings is 1. The number of aryl methyl sites for hydroxylation is 1. The third-order valence-electron chi connectivity index (χ3n) is 4.44. The number of nitrogens with zero attached hydrogens (tertiary/aromatic N) is 1. The smallest absolute Gasteiger partial charge is 0.331 e. The van der Waals surface area contributed by atoms with Gasteiger partial charge in [0.15, 0.2) is 6.04 Å². The normalized spacial score (nSPS) is 17.0. The van der Waals surface area contributed by atoms with Crippen molar-refractivity contribution in [2.45, 2.75) is 24.5 Å². The van der Waals surface area contributed by atoms with Gasteiger partial charge in [0.2, 0.25) is 5.09 Å².